The van der Waals surface area contributed by atoms with E-state index in [0.717, 1.165) is 19.4 Å². The average molecular weight is 290 g/mol. The second kappa shape index (κ2) is 6.17. The van der Waals surface area contributed by atoms with Gasteiger partial charge in [0.2, 0.25) is 5.91 Å². The average Bonchev–Trinajstić information content (AvgIpc) is 2.88. The van der Waals surface area contributed by atoms with Gasteiger partial charge >= 0.3 is 0 Å². The van der Waals surface area contributed by atoms with Crippen LogP contribution in [0.2, 0.25) is 0 Å². The fraction of sp³-hybridized carbons (Fsp3) is 0.909. The molecule has 1 unspecified atom stereocenters. The molecule has 0 spiro atoms. The maximum absolute atomic E-state index is 12.0. The number of piperazine rings is 1. The lowest BCUT2D eigenvalue weighted by Crippen LogP contribution is -2.52. The van der Waals surface area contributed by atoms with E-state index in [2.05, 4.69) is 5.32 Å². The molecular weight excluding hydrogens is 268 g/mol. The van der Waals surface area contributed by atoms with Crippen molar-refractivity contribution in [2.45, 2.75) is 31.7 Å². The molecule has 2 aliphatic heterocycles. The topological polar surface area (TPSA) is 95.7 Å². The highest BCUT2D eigenvalue weighted by molar-refractivity contribution is 7.86. The number of carbonyl (C=O) groups excluding carboxylic acids is 1. The van der Waals surface area contributed by atoms with Crippen LogP contribution in [0.4, 0.5) is 0 Å². The SMILES string of the molecule is NS(=O)(=O)N1CCN(C(=O)CCC2CCCN2)CC1. The summed E-state index contributed by atoms with van der Waals surface area (Å²) in [6.07, 6.45) is 3.74. The molecule has 7 nitrogen and oxygen atoms in total. The van der Waals surface area contributed by atoms with Gasteiger partial charge in [0.25, 0.3) is 10.2 Å². The van der Waals surface area contributed by atoms with Crippen LogP contribution in [0, 0.1) is 0 Å². The van der Waals surface area contributed by atoms with Crippen LogP contribution < -0.4 is 10.5 Å². The molecule has 2 heterocycles. The van der Waals surface area contributed by atoms with Gasteiger partial charge in [0.1, 0.15) is 0 Å². The van der Waals surface area contributed by atoms with E-state index in [9.17, 15) is 13.2 Å². The molecule has 0 bridgehead atoms. The third kappa shape index (κ3) is 4.13. The van der Waals surface area contributed by atoms with Crippen molar-refractivity contribution in [1.29, 1.82) is 0 Å². The number of carbonyl (C=O) groups is 1. The molecule has 1 atom stereocenters. The Morgan fingerprint density at radius 2 is 1.95 bits per heavy atom. The smallest absolute Gasteiger partial charge is 0.277 e. The number of hydrogen-bond donors (Lipinski definition) is 2. The first-order valence-corrected chi connectivity index (χ1v) is 8.26. The van der Waals surface area contributed by atoms with Crippen molar-refractivity contribution in [3.63, 3.8) is 0 Å². The summed E-state index contributed by atoms with van der Waals surface area (Å²) in [5.74, 6) is 0.114. The number of nitrogens with zero attached hydrogens (tertiary/aromatic N) is 2. The zero-order valence-electron chi connectivity index (χ0n) is 11.0. The minimum absolute atomic E-state index is 0.114. The van der Waals surface area contributed by atoms with Crippen molar-refractivity contribution in [2.75, 3.05) is 32.7 Å². The third-order valence-corrected chi connectivity index (χ3v) is 4.91. The second-order valence-corrected chi connectivity index (χ2v) is 6.70. The fourth-order valence-electron chi connectivity index (χ4n) is 2.65. The van der Waals surface area contributed by atoms with Crippen LogP contribution in [0.25, 0.3) is 0 Å². The van der Waals surface area contributed by atoms with Crippen LogP contribution >= 0.6 is 0 Å². The Bertz CT molecular complexity index is 412. The normalized spacial score (nSPS) is 25.7. The van der Waals surface area contributed by atoms with Crippen molar-refractivity contribution >= 4 is 16.1 Å². The summed E-state index contributed by atoms with van der Waals surface area (Å²) in [6, 6.07) is 0.467. The Hall–Kier alpha value is -0.700. The van der Waals surface area contributed by atoms with Gasteiger partial charge in [0, 0.05) is 38.6 Å². The summed E-state index contributed by atoms with van der Waals surface area (Å²) < 4.78 is 23.5. The van der Waals surface area contributed by atoms with Crippen LogP contribution in [0.1, 0.15) is 25.7 Å². The molecule has 110 valence electrons. The van der Waals surface area contributed by atoms with Gasteiger partial charge in [-0.1, -0.05) is 0 Å². The Labute approximate surface area is 114 Å². The van der Waals surface area contributed by atoms with Gasteiger partial charge in [-0.25, -0.2) is 5.14 Å². The molecule has 0 radical (unpaired) electrons. The largest absolute Gasteiger partial charge is 0.340 e. The minimum atomic E-state index is -3.62. The molecule has 2 saturated heterocycles. The summed E-state index contributed by atoms with van der Waals surface area (Å²) in [5, 5.41) is 8.43. The Balaban J connectivity index is 1.73. The highest BCUT2D eigenvalue weighted by atomic mass is 32.2. The van der Waals surface area contributed by atoms with Gasteiger partial charge < -0.3 is 10.2 Å². The molecule has 2 aliphatic rings. The van der Waals surface area contributed by atoms with Gasteiger partial charge in [-0.15, -0.1) is 0 Å². The summed E-state index contributed by atoms with van der Waals surface area (Å²) in [4.78, 5) is 13.7. The third-order valence-electron chi connectivity index (χ3n) is 3.82. The van der Waals surface area contributed by atoms with Gasteiger partial charge in [-0.3, -0.25) is 4.79 Å². The van der Waals surface area contributed by atoms with E-state index < -0.39 is 10.2 Å². The molecule has 19 heavy (non-hydrogen) atoms. The Morgan fingerprint density at radius 3 is 2.47 bits per heavy atom. The molecule has 0 aromatic heterocycles. The lowest BCUT2D eigenvalue weighted by atomic mass is 10.1. The van der Waals surface area contributed by atoms with E-state index in [4.69, 9.17) is 5.14 Å². The van der Waals surface area contributed by atoms with Gasteiger partial charge in [0.05, 0.1) is 0 Å². The van der Waals surface area contributed by atoms with E-state index in [1.807, 2.05) is 0 Å². The van der Waals surface area contributed by atoms with E-state index in [1.54, 1.807) is 4.90 Å². The zero-order valence-corrected chi connectivity index (χ0v) is 11.9. The quantitative estimate of drug-likeness (QED) is 0.684. The monoisotopic (exact) mass is 290 g/mol. The van der Waals surface area contributed by atoms with E-state index in [-0.39, 0.29) is 5.91 Å². The molecule has 0 aromatic rings. The van der Waals surface area contributed by atoms with E-state index in [0.29, 0.717) is 38.6 Å². The Morgan fingerprint density at radius 1 is 1.26 bits per heavy atom. The van der Waals surface area contributed by atoms with Crippen molar-refractivity contribution in [3.05, 3.63) is 0 Å². The highest BCUT2D eigenvalue weighted by Gasteiger charge is 2.26. The van der Waals surface area contributed by atoms with Crippen LogP contribution in [0.15, 0.2) is 0 Å². The first-order chi connectivity index (χ1) is 8.97. The summed E-state index contributed by atoms with van der Waals surface area (Å²) in [7, 11) is -3.62. The van der Waals surface area contributed by atoms with Crippen molar-refractivity contribution in [2.24, 2.45) is 5.14 Å². The maximum atomic E-state index is 12.0. The van der Waals surface area contributed by atoms with Crippen LogP contribution in [-0.4, -0.2) is 62.3 Å². The lowest BCUT2D eigenvalue weighted by molar-refractivity contribution is -0.132. The molecule has 3 N–H and O–H groups in total. The van der Waals surface area contributed by atoms with Crippen molar-refractivity contribution in [3.8, 4) is 0 Å². The number of nitrogens with one attached hydrogen (secondary N) is 1. The van der Waals surface area contributed by atoms with Gasteiger partial charge in [-0.2, -0.15) is 12.7 Å². The van der Waals surface area contributed by atoms with E-state index >= 15 is 0 Å². The van der Waals surface area contributed by atoms with Gasteiger partial charge in [0.15, 0.2) is 0 Å². The van der Waals surface area contributed by atoms with Gasteiger partial charge in [-0.05, 0) is 25.8 Å². The number of rotatable bonds is 4. The minimum Gasteiger partial charge on any atom is -0.340 e. The molecule has 2 fully saturated rings. The first-order valence-electron chi connectivity index (χ1n) is 6.76. The number of nitrogens with two attached hydrogens (primary N) is 1. The summed E-state index contributed by atoms with van der Waals surface area (Å²) in [5.41, 5.74) is 0. The summed E-state index contributed by atoms with van der Waals surface area (Å²) >= 11 is 0. The zero-order chi connectivity index (χ0) is 13.9. The second-order valence-electron chi connectivity index (χ2n) is 5.16. The van der Waals surface area contributed by atoms with Crippen LogP contribution in [0.3, 0.4) is 0 Å². The van der Waals surface area contributed by atoms with Crippen molar-refractivity contribution in [1.82, 2.24) is 14.5 Å². The van der Waals surface area contributed by atoms with E-state index in [1.165, 1.54) is 10.7 Å². The summed E-state index contributed by atoms with van der Waals surface area (Å²) in [6.45, 7) is 2.52. The highest BCUT2D eigenvalue weighted by Crippen LogP contribution is 2.13. The van der Waals surface area contributed by atoms with Crippen LogP contribution in [0.5, 0.6) is 0 Å². The number of amides is 1. The molecule has 1 amide bonds. The molecule has 2 rings (SSSR count). The molecular formula is C11H22N4O3S. The first kappa shape index (κ1) is 14.7. The molecule has 0 aromatic carbocycles. The molecule has 0 aliphatic carbocycles. The van der Waals surface area contributed by atoms with Crippen LogP contribution in [-0.2, 0) is 15.0 Å². The van der Waals surface area contributed by atoms with Crippen molar-refractivity contribution < 1.29 is 13.2 Å². The molecule has 0 saturated carbocycles. The standard InChI is InChI=1S/C11H22N4O3S/c12-19(17,18)15-8-6-14(7-9-15)11(16)4-3-10-2-1-5-13-10/h10,13H,1-9H2,(H2,12,17,18). The fourth-order valence-corrected chi connectivity index (χ4v) is 3.32. The number of hydrogen-bond acceptors (Lipinski definition) is 4. The maximum Gasteiger partial charge on any atom is 0.277 e. The predicted octanol–water partition coefficient (Wildman–Crippen LogP) is -1.13. The lowest BCUT2D eigenvalue weighted by Gasteiger charge is -2.33. The Kier molecular flexibility index (Phi) is 4.77. The predicted molar refractivity (Wildman–Crippen MR) is 71.5 cm³/mol. The molecule has 8 heteroatoms.